The lowest BCUT2D eigenvalue weighted by Gasteiger charge is -2.36. The molecule has 2 atom stereocenters. The molecule has 1 aromatic rings. The highest BCUT2D eigenvalue weighted by atomic mass is 15.2. The van der Waals surface area contributed by atoms with Crippen molar-refractivity contribution in [1.82, 2.24) is 9.97 Å². The summed E-state index contributed by atoms with van der Waals surface area (Å²) < 4.78 is 0. The number of nitrogens with zero attached hydrogens (tertiary/aromatic N) is 3. The predicted octanol–water partition coefficient (Wildman–Crippen LogP) is 2.16. The van der Waals surface area contributed by atoms with Crippen molar-refractivity contribution < 1.29 is 0 Å². The molecule has 0 amide bonds. The molecule has 1 saturated heterocycles. The lowest BCUT2D eigenvalue weighted by atomic mass is 9.88. The van der Waals surface area contributed by atoms with Crippen LogP contribution in [-0.4, -0.2) is 23.1 Å². The number of piperidine rings is 1. The molecular weight excluding hydrogens is 212 g/mol. The quantitative estimate of drug-likeness (QED) is 0.809. The van der Waals surface area contributed by atoms with Gasteiger partial charge in [-0.3, -0.25) is 0 Å². The number of anilines is 2. The highest BCUT2D eigenvalue weighted by Crippen LogP contribution is 2.29. The van der Waals surface area contributed by atoms with Crippen molar-refractivity contribution in [2.45, 2.75) is 34.1 Å². The van der Waals surface area contributed by atoms with E-state index in [-0.39, 0.29) is 0 Å². The summed E-state index contributed by atoms with van der Waals surface area (Å²) in [6.07, 6.45) is 1.23. The van der Waals surface area contributed by atoms with E-state index in [0.717, 1.165) is 36.2 Å². The third-order valence-electron chi connectivity index (χ3n) is 3.90. The third kappa shape index (κ3) is 2.35. The molecule has 1 aliphatic heterocycles. The van der Waals surface area contributed by atoms with Crippen molar-refractivity contribution in [1.29, 1.82) is 0 Å². The van der Waals surface area contributed by atoms with Crippen molar-refractivity contribution in [2.24, 2.45) is 11.8 Å². The lowest BCUT2D eigenvalue weighted by molar-refractivity contribution is 0.322. The number of aryl methyl sites for hydroxylation is 1. The molecule has 1 aromatic heterocycles. The Morgan fingerprint density at radius 3 is 2.53 bits per heavy atom. The number of hydrogen-bond acceptors (Lipinski definition) is 4. The van der Waals surface area contributed by atoms with Gasteiger partial charge in [-0.25, -0.2) is 9.97 Å². The summed E-state index contributed by atoms with van der Waals surface area (Å²) >= 11 is 0. The van der Waals surface area contributed by atoms with Crippen LogP contribution in [0, 0.1) is 25.7 Å². The second kappa shape index (κ2) is 4.51. The standard InChI is InChI=1S/C13H22N4/c1-8-5-6-17(7-9(8)2)13-10(3)12(14)15-11(4)16-13/h8-9H,5-7H2,1-4H3,(H2,14,15,16). The summed E-state index contributed by atoms with van der Waals surface area (Å²) in [4.78, 5) is 11.1. The number of nitrogen functional groups attached to an aromatic ring is 1. The first-order chi connectivity index (χ1) is 7.99. The van der Waals surface area contributed by atoms with Crippen LogP contribution in [0.3, 0.4) is 0 Å². The molecule has 0 bridgehead atoms. The van der Waals surface area contributed by atoms with E-state index in [4.69, 9.17) is 5.73 Å². The van der Waals surface area contributed by atoms with Gasteiger partial charge in [0, 0.05) is 18.7 Å². The van der Waals surface area contributed by atoms with E-state index >= 15 is 0 Å². The van der Waals surface area contributed by atoms with Crippen molar-refractivity contribution in [3.8, 4) is 0 Å². The molecule has 0 aliphatic carbocycles. The van der Waals surface area contributed by atoms with Gasteiger partial charge in [0.2, 0.25) is 0 Å². The largest absolute Gasteiger partial charge is 0.383 e. The van der Waals surface area contributed by atoms with Crippen LogP contribution in [-0.2, 0) is 0 Å². The molecule has 2 rings (SSSR count). The van der Waals surface area contributed by atoms with Gasteiger partial charge in [-0.2, -0.15) is 0 Å². The lowest BCUT2D eigenvalue weighted by Crippen LogP contribution is -2.39. The molecule has 0 radical (unpaired) electrons. The summed E-state index contributed by atoms with van der Waals surface area (Å²) in [5, 5.41) is 0. The van der Waals surface area contributed by atoms with Crippen LogP contribution in [0.2, 0.25) is 0 Å². The minimum absolute atomic E-state index is 0.610. The van der Waals surface area contributed by atoms with Gasteiger partial charge in [-0.05, 0) is 32.1 Å². The summed E-state index contributed by atoms with van der Waals surface area (Å²) in [5.74, 6) is 3.90. The normalized spacial score (nSPS) is 25.1. The van der Waals surface area contributed by atoms with Crippen molar-refractivity contribution in [2.75, 3.05) is 23.7 Å². The zero-order valence-electron chi connectivity index (χ0n) is 11.2. The fraction of sp³-hybridized carbons (Fsp3) is 0.692. The smallest absolute Gasteiger partial charge is 0.137 e. The molecule has 4 nitrogen and oxygen atoms in total. The molecule has 0 saturated carbocycles. The molecule has 0 aromatic carbocycles. The first kappa shape index (κ1) is 12.1. The van der Waals surface area contributed by atoms with Gasteiger partial charge >= 0.3 is 0 Å². The number of aromatic nitrogens is 2. The zero-order valence-corrected chi connectivity index (χ0v) is 11.2. The minimum atomic E-state index is 0.610. The zero-order chi connectivity index (χ0) is 12.6. The third-order valence-corrected chi connectivity index (χ3v) is 3.90. The fourth-order valence-corrected chi connectivity index (χ4v) is 2.40. The van der Waals surface area contributed by atoms with Gasteiger partial charge in [-0.15, -0.1) is 0 Å². The Hall–Kier alpha value is -1.32. The topological polar surface area (TPSA) is 55.0 Å². The summed E-state index contributed by atoms with van der Waals surface area (Å²) in [6, 6.07) is 0. The van der Waals surface area contributed by atoms with Crippen molar-refractivity contribution in [3.05, 3.63) is 11.4 Å². The number of hydrogen-bond donors (Lipinski definition) is 1. The average Bonchev–Trinajstić information content (AvgIpc) is 2.27. The summed E-state index contributed by atoms with van der Waals surface area (Å²) in [6.45, 7) is 10.7. The maximum absolute atomic E-state index is 5.91. The molecule has 17 heavy (non-hydrogen) atoms. The van der Waals surface area contributed by atoms with Crippen molar-refractivity contribution in [3.63, 3.8) is 0 Å². The van der Waals surface area contributed by atoms with Crippen LogP contribution in [0.25, 0.3) is 0 Å². The minimum Gasteiger partial charge on any atom is -0.383 e. The molecule has 4 heteroatoms. The first-order valence-corrected chi connectivity index (χ1v) is 6.34. The van der Waals surface area contributed by atoms with Gasteiger partial charge in [0.1, 0.15) is 17.5 Å². The van der Waals surface area contributed by atoms with Gasteiger partial charge in [0.25, 0.3) is 0 Å². The molecule has 94 valence electrons. The van der Waals surface area contributed by atoms with Crippen LogP contribution < -0.4 is 10.6 Å². The van der Waals surface area contributed by atoms with Crippen LogP contribution in [0.1, 0.15) is 31.7 Å². The predicted molar refractivity (Wildman–Crippen MR) is 71.1 cm³/mol. The molecular formula is C13H22N4. The van der Waals surface area contributed by atoms with E-state index in [9.17, 15) is 0 Å². The number of rotatable bonds is 1. The van der Waals surface area contributed by atoms with Gasteiger partial charge in [0.15, 0.2) is 0 Å². The van der Waals surface area contributed by atoms with Gasteiger partial charge in [-0.1, -0.05) is 13.8 Å². The van der Waals surface area contributed by atoms with Crippen LogP contribution in [0.5, 0.6) is 0 Å². The molecule has 1 fully saturated rings. The Bertz CT molecular complexity index is 416. The monoisotopic (exact) mass is 234 g/mol. The van der Waals surface area contributed by atoms with E-state index in [2.05, 4.69) is 28.7 Å². The van der Waals surface area contributed by atoms with E-state index in [1.165, 1.54) is 6.42 Å². The fourth-order valence-electron chi connectivity index (χ4n) is 2.40. The summed E-state index contributed by atoms with van der Waals surface area (Å²) in [5.41, 5.74) is 6.92. The molecule has 2 heterocycles. The Labute approximate surface area is 103 Å². The molecule has 1 aliphatic rings. The van der Waals surface area contributed by atoms with Crippen LogP contribution in [0.15, 0.2) is 0 Å². The molecule has 0 spiro atoms. The SMILES string of the molecule is Cc1nc(N)c(C)c(N2CCC(C)C(C)C2)n1. The van der Waals surface area contributed by atoms with E-state index < -0.39 is 0 Å². The Morgan fingerprint density at radius 1 is 1.18 bits per heavy atom. The van der Waals surface area contributed by atoms with Gasteiger partial charge in [0.05, 0.1) is 0 Å². The first-order valence-electron chi connectivity index (χ1n) is 6.34. The van der Waals surface area contributed by atoms with E-state index in [0.29, 0.717) is 11.7 Å². The Kier molecular flexibility index (Phi) is 3.22. The van der Waals surface area contributed by atoms with Gasteiger partial charge < -0.3 is 10.6 Å². The highest BCUT2D eigenvalue weighted by Gasteiger charge is 2.25. The van der Waals surface area contributed by atoms with E-state index in [1.807, 2.05) is 13.8 Å². The molecule has 2 unspecified atom stereocenters. The van der Waals surface area contributed by atoms with E-state index in [1.54, 1.807) is 0 Å². The highest BCUT2D eigenvalue weighted by molar-refractivity contribution is 5.56. The summed E-state index contributed by atoms with van der Waals surface area (Å²) in [7, 11) is 0. The van der Waals surface area contributed by atoms with Crippen LogP contribution >= 0.6 is 0 Å². The maximum Gasteiger partial charge on any atom is 0.137 e. The maximum atomic E-state index is 5.91. The second-order valence-corrected chi connectivity index (χ2v) is 5.29. The second-order valence-electron chi connectivity index (χ2n) is 5.29. The Morgan fingerprint density at radius 2 is 1.88 bits per heavy atom. The Balaban J connectivity index is 2.28. The molecule has 2 N–H and O–H groups in total. The average molecular weight is 234 g/mol. The van der Waals surface area contributed by atoms with Crippen molar-refractivity contribution >= 4 is 11.6 Å². The number of nitrogens with two attached hydrogens (primary N) is 1. The van der Waals surface area contributed by atoms with Crippen LogP contribution in [0.4, 0.5) is 11.6 Å².